The van der Waals surface area contributed by atoms with Crippen LogP contribution >= 0.6 is 23.1 Å². The fourth-order valence-electron chi connectivity index (χ4n) is 2.46. The molecule has 0 saturated carbocycles. The SMILES string of the molecule is CCn1c(SCc2ccccc2F)nc2sc(C)c(C)c2c1=O. The molecule has 0 amide bonds. The predicted octanol–water partition coefficient (Wildman–Crippen LogP) is 4.53. The average Bonchev–Trinajstić information content (AvgIpc) is 2.81. The first kappa shape index (κ1) is 16.2. The maximum absolute atomic E-state index is 13.8. The van der Waals surface area contributed by atoms with Crippen LogP contribution in [0, 0.1) is 19.7 Å². The molecule has 0 saturated heterocycles. The van der Waals surface area contributed by atoms with Gasteiger partial charge in [-0.2, -0.15) is 0 Å². The van der Waals surface area contributed by atoms with Gasteiger partial charge in [0.25, 0.3) is 5.56 Å². The van der Waals surface area contributed by atoms with Crippen molar-refractivity contribution in [3.05, 3.63) is 56.4 Å². The number of aromatic nitrogens is 2. The zero-order valence-electron chi connectivity index (χ0n) is 13.2. The van der Waals surface area contributed by atoms with E-state index in [2.05, 4.69) is 4.98 Å². The first-order valence-electron chi connectivity index (χ1n) is 7.39. The number of rotatable bonds is 4. The van der Waals surface area contributed by atoms with E-state index in [0.29, 0.717) is 28.4 Å². The topological polar surface area (TPSA) is 34.9 Å². The number of hydrogen-bond donors (Lipinski definition) is 0. The van der Waals surface area contributed by atoms with Crippen molar-refractivity contribution in [2.24, 2.45) is 0 Å². The molecule has 3 aromatic rings. The number of benzene rings is 1. The molecule has 2 heterocycles. The smallest absolute Gasteiger partial charge is 0.263 e. The third-order valence-electron chi connectivity index (χ3n) is 3.88. The second-order valence-corrected chi connectivity index (χ2v) is 7.43. The zero-order chi connectivity index (χ0) is 16.6. The monoisotopic (exact) mass is 348 g/mol. The van der Waals surface area contributed by atoms with Gasteiger partial charge < -0.3 is 0 Å². The van der Waals surface area contributed by atoms with E-state index in [4.69, 9.17) is 0 Å². The first-order chi connectivity index (χ1) is 11.0. The van der Waals surface area contributed by atoms with E-state index in [1.54, 1.807) is 16.7 Å². The highest BCUT2D eigenvalue weighted by Crippen LogP contribution is 2.29. The molecule has 23 heavy (non-hydrogen) atoms. The summed E-state index contributed by atoms with van der Waals surface area (Å²) in [4.78, 5) is 19.3. The molecular weight excluding hydrogens is 331 g/mol. The van der Waals surface area contributed by atoms with Crippen molar-refractivity contribution < 1.29 is 4.39 Å². The lowest BCUT2D eigenvalue weighted by atomic mass is 10.2. The van der Waals surface area contributed by atoms with Crippen LogP contribution in [0.2, 0.25) is 0 Å². The molecule has 0 aliphatic carbocycles. The Morgan fingerprint density at radius 1 is 1.30 bits per heavy atom. The summed E-state index contributed by atoms with van der Waals surface area (Å²) < 4.78 is 15.4. The summed E-state index contributed by atoms with van der Waals surface area (Å²) in [6.07, 6.45) is 0. The number of nitrogens with zero attached hydrogens (tertiary/aromatic N) is 2. The van der Waals surface area contributed by atoms with E-state index in [-0.39, 0.29) is 11.4 Å². The van der Waals surface area contributed by atoms with Crippen molar-refractivity contribution in [2.75, 3.05) is 0 Å². The Labute approximate surface area is 142 Å². The van der Waals surface area contributed by atoms with Gasteiger partial charge in [0, 0.05) is 17.2 Å². The molecule has 0 fully saturated rings. The lowest BCUT2D eigenvalue weighted by molar-refractivity contribution is 0.616. The van der Waals surface area contributed by atoms with Crippen LogP contribution in [-0.4, -0.2) is 9.55 Å². The van der Waals surface area contributed by atoms with Crippen molar-refractivity contribution in [1.29, 1.82) is 0 Å². The van der Waals surface area contributed by atoms with Crippen molar-refractivity contribution in [3.63, 3.8) is 0 Å². The second-order valence-electron chi connectivity index (χ2n) is 5.29. The molecular formula is C17H17FN2OS2. The summed E-state index contributed by atoms with van der Waals surface area (Å²) >= 11 is 2.94. The predicted molar refractivity (Wildman–Crippen MR) is 95.0 cm³/mol. The molecule has 0 spiro atoms. The molecule has 0 unspecified atom stereocenters. The van der Waals surface area contributed by atoms with E-state index in [1.165, 1.54) is 29.2 Å². The standard InChI is InChI=1S/C17H17FN2OS2/c1-4-20-16(21)14-10(2)11(3)23-15(14)19-17(20)22-9-12-7-5-6-8-13(12)18/h5-8H,4,9H2,1-3H3. The van der Waals surface area contributed by atoms with Gasteiger partial charge in [-0.05, 0) is 38.0 Å². The molecule has 0 aliphatic rings. The minimum absolute atomic E-state index is 0.00427. The Morgan fingerprint density at radius 2 is 2.04 bits per heavy atom. The lowest BCUT2D eigenvalue weighted by Gasteiger charge is -2.10. The number of fused-ring (bicyclic) bond motifs is 1. The largest absolute Gasteiger partial charge is 0.287 e. The Hall–Kier alpha value is -1.66. The van der Waals surface area contributed by atoms with Crippen LogP contribution in [0.3, 0.4) is 0 Å². The molecule has 0 aliphatic heterocycles. The van der Waals surface area contributed by atoms with Gasteiger partial charge in [0.15, 0.2) is 5.16 Å². The summed E-state index contributed by atoms with van der Waals surface area (Å²) in [6, 6.07) is 6.70. The maximum Gasteiger partial charge on any atom is 0.263 e. The van der Waals surface area contributed by atoms with Gasteiger partial charge in [-0.3, -0.25) is 9.36 Å². The Balaban J connectivity index is 2.04. The van der Waals surface area contributed by atoms with Crippen molar-refractivity contribution in [2.45, 2.75) is 38.2 Å². The third-order valence-corrected chi connectivity index (χ3v) is 6.01. The minimum atomic E-state index is -0.228. The summed E-state index contributed by atoms with van der Waals surface area (Å²) in [5.74, 6) is 0.225. The van der Waals surface area contributed by atoms with Crippen LogP contribution < -0.4 is 5.56 Å². The number of thioether (sulfide) groups is 1. The van der Waals surface area contributed by atoms with Gasteiger partial charge in [0.1, 0.15) is 10.6 Å². The quantitative estimate of drug-likeness (QED) is 0.513. The van der Waals surface area contributed by atoms with Crippen LogP contribution in [0.15, 0.2) is 34.2 Å². The number of thiophene rings is 1. The number of hydrogen-bond acceptors (Lipinski definition) is 4. The molecule has 0 radical (unpaired) electrons. The van der Waals surface area contributed by atoms with Crippen molar-refractivity contribution >= 4 is 33.3 Å². The Kier molecular flexibility index (Phi) is 4.55. The molecule has 120 valence electrons. The summed E-state index contributed by atoms with van der Waals surface area (Å²) in [5.41, 5.74) is 1.62. The molecule has 0 N–H and O–H groups in total. The normalized spacial score (nSPS) is 11.3. The third kappa shape index (κ3) is 2.93. The summed E-state index contributed by atoms with van der Waals surface area (Å²) in [7, 11) is 0. The molecule has 0 bridgehead atoms. The van der Waals surface area contributed by atoms with Crippen LogP contribution in [0.1, 0.15) is 22.9 Å². The highest BCUT2D eigenvalue weighted by atomic mass is 32.2. The Bertz CT molecular complexity index is 930. The van der Waals surface area contributed by atoms with Crippen LogP contribution in [-0.2, 0) is 12.3 Å². The van der Waals surface area contributed by atoms with Gasteiger partial charge in [0.2, 0.25) is 0 Å². The molecule has 1 aromatic carbocycles. The molecule has 3 nitrogen and oxygen atoms in total. The van der Waals surface area contributed by atoms with Gasteiger partial charge in [-0.25, -0.2) is 9.37 Å². The van der Waals surface area contributed by atoms with E-state index < -0.39 is 0 Å². The van der Waals surface area contributed by atoms with E-state index in [1.807, 2.05) is 26.8 Å². The van der Waals surface area contributed by atoms with Crippen molar-refractivity contribution in [1.82, 2.24) is 9.55 Å². The highest BCUT2D eigenvalue weighted by molar-refractivity contribution is 7.98. The first-order valence-corrected chi connectivity index (χ1v) is 9.19. The zero-order valence-corrected chi connectivity index (χ0v) is 14.9. The van der Waals surface area contributed by atoms with Crippen LogP contribution in [0.5, 0.6) is 0 Å². The van der Waals surface area contributed by atoms with Crippen molar-refractivity contribution in [3.8, 4) is 0 Å². The maximum atomic E-state index is 13.8. The van der Waals surface area contributed by atoms with E-state index >= 15 is 0 Å². The molecule has 0 atom stereocenters. The van der Waals surface area contributed by atoms with Gasteiger partial charge in [-0.15, -0.1) is 11.3 Å². The van der Waals surface area contributed by atoms with Gasteiger partial charge in [-0.1, -0.05) is 30.0 Å². The molecule has 6 heteroatoms. The minimum Gasteiger partial charge on any atom is -0.287 e. The summed E-state index contributed by atoms with van der Waals surface area (Å²) in [5, 5.41) is 1.36. The van der Waals surface area contributed by atoms with Crippen LogP contribution in [0.4, 0.5) is 4.39 Å². The molecule has 3 rings (SSSR count). The number of aryl methyl sites for hydroxylation is 2. The summed E-state index contributed by atoms with van der Waals surface area (Å²) in [6.45, 7) is 6.44. The Morgan fingerprint density at radius 3 is 2.74 bits per heavy atom. The van der Waals surface area contributed by atoms with Gasteiger partial charge in [0.05, 0.1) is 5.39 Å². The fraction of sp³-hybridized carbons (Fsp3) is 0.294. The van der Waals surface area contributed by atoms with Crippen LogP contribution in [0.25, 0.3) is 10.2 Å². The lowest BCUT2D eigenvalue weighted by Crippen LogP contribution is -2.22. The van der Waals surface area contributed by atoms with E-state index in [9.17, 15) is 9.18 Å². The van der Waals surface area contributed by atoms with Gasteiger partial charge >= 0.3 is 0 Å². The number of halogens is 1. The fourth-order valence-corrected chi connectivity index (χ4v) is 4.58. The highest BCUT2D eigenvalue weighted by Gasteiger charge is 2.16. The molecule has 2 aromatic heterocycles. The second kappa shape index (κ2) is 6.45. The van der Waals surface area contributed by atoms with E-state index in [0.717, 1.165) is 15.3 Å². The average molecular weight is 348 g/mol.